The number of fused-ring (bicyclic) bond motifs is 3. The summed E-state index contributed by atoms with van der Waals surface area (Å²) in [5, 5.41) is 21.0. The Kier molecular flexibility index (Phi) is 8.79. The van der Waals surface area contributed by atoms with Gasteiger partial charge in [0.15, 0.2) is 0 Å². The molecule has 2 fully saturated rings. The number of phenolic OH excluding ortho intramolecular Hbond substituents is 1. The van der Waals surface area contributed by atoms with E-state index >= 15 is 0 Å². The minimum absolute atomic E-state index is 0.0398. The third-order valence-electron chi connectivity index (χ3n) is 7.93. The summed E-state index contributed by atoms with van der Waals surface area (Å²) in [6.07, 6.45) is 7.57. The normalized spacial score (nSPS) is 26.5. The van der Waals surface area contributed by atoms with Gasteiger partial charge in [-0.25, -0.2) is 0 Å². The molecule has 0 radical (unpaired) electrons. The summed E-state index contributed by atoms with van der Waals surface area (Å²) in [4.78, 5) is 28.0. The first-order valence-corrected chi connectivity index (χ1v) is 14.2. The Morgan fingerprint density at radius 2 is 1.97 bits per heavy atom. The molecule has 36 heavy (non-hydrogen) atoms. The number of phenols is 1. The van der Waals surface area contributed by atoms with Crippen LogP contribution in [0.25, 0.3) is 6.08 Å². The zero-order valence-corrected chi connectivity index (χ0v) is 23.1. The summed E-state index contributed by atoms with van der Waals surface area (Å²) in [6, 6.07) is 5.39. The second kappa shape index (κ2) is 11.7. The zero-order valence-electron chi connectivity index (χ0n) is 21.5. The maximum absolute atomic E-state index is 13.4. The fourth-order valence-corrected chi connectivity index (χ4v) is 6.72. The number of halogens is 1. The van der Waals surface area contributed by atoms with Crippen LogP contribution < -0.4 is 0 Å². The van der Waals surface area contributed by atoms with Gasteiger partial charge >= 0.3 is 7.12 Å². The smallest absolute Gasteiger partial charge is 0.455 e. The van der Waals surface area contributed by atoms with Gasteiger partial charge in [-0.1, -0.05) is 60.3 Å². The Morgan fingerprint density at radius 1 is 1.19 bits per heavy atom. The lowest BCUT2D eigenvalue weighted by atomic mass is 9.58. The highest BCUT2D eigenvalue weighted by Gasteiger charge is 2.56. The molecule has 3 aliphatic rings. The van der Waals surface area contributed by atoms with Gasteiger partial charge in [-0.05, 0) is 74.5 Å². The summed E-state index contributed by atoms with van der Waals surface area (Å²) in [5.41, 5.74) is 4.34. The number of nitrogens with zero attached hydrogens (tertiary/aromatic N) is 1. The van der Waals surface area contributed by atoms with Crippen LogP contribution in [-0.2, 0) is 14.2 Å². The van der Waals surface area contributed by atoms with Gasteiger partial charge in [-0.2, -0.15) is 0 Å². The number of benzene rings is 1. The van der Waals surface area contributed by atoms with E-state index in [2.05, 4.69) is 29.8 Å². The van der Waals surface area contributed by atoms with E-state index in [1.165, 1.54) is 16.0 Å². The van der Waals surface area contributed by atoms with E-state index in [9.17, 15) is 19.7 Å². The summed E-state index contributed by atoms with van der Waals surface area (Å²) in [7, 11) is -0.948. The molecular weight excluding hydrogens is 521 g/mol. The highest BCUT2D eigenvalue weighted by molar-refractivity contribution is 9.10. The minimum Gasteiger partial charge on any atom is -0.507 e. The number of carbonyl (C=O) groups is 2. The monoisotopic (exact) mass is 557 g/mol. The molecule has 4 atom stereocenters. The lowest BCUT2D eigenvalue weighted by Gasteiger charge is -2.43. The predicted molar refractivity (Wildman–Crippen MR) is 145 cm³/mol. The third-order valence-corrected chi connectivity index (χ3v) is 8.42. The maximum Gasteiger partial charge on any atom is 0.455 e. The van der Waals surface area contributed by atoms with Gasteiger partial charge < -0.3 is 14.8 Å². The molecule has 4 rings (SSSR count). The third kappa shape index (κ3) is 5.36. The van der Waals surface area contributed by atoms with Crippen LogP contribution in [0, 0.1) is 17.8 Å². The largest absolute Gasteiger partial charge is 0.507 e. The van der Waals surface area contributed by atoms with Gasteiger partial charge in [0.05, 0.1) is 17.9 Å². The Morgan fingerprint density at radius 3 is 2.67 bits per heavy atom. The molecule has 2 amide bonds. The average molecular weight is 558 g/mol. The number of amides is 2. The van der Waals surface area contributed by atoms with E-state index in [0.29, 0.717) is 25.7 Å². The Hall–Kier alpha value is -1.90. The molecular formula is C28H37BBrNO5. The quantitative estimate of drug-likeness (QED) is 0.230. The standard InChI is InChI=1S/C28H37BBrNO5/c1-4-7-18-15-21-26(28(34)31(12-5-2)27(21)33)22-16-29(35)36-24(25(18)22)11-8-17(6-3)13-19-14-20(30)9-10-23(19)32/h9-10,13-14,21-22,24,26,32,35H,4-8,11-12,15-16H2,1-3H3/b17-13+/t21-,22+,24-,26-/m1/s1. The highest BCUT2D eigenvalue weighted by Crippen LogP contribution is 2.51. The topological polar surface area (TPSA) is 87.1 Å². The molecule has 0 aromatic heterocycles. The van der Waals surface area contributed by atoms with E-state index in [4.69, 9.17) is 4.65 Å². The minimum atomic E-state index is -0.948. The molecule has 1 aliphatic carbocycles. The van der Waals surface area contributed by atoms with Crippen LogP contribution >= 0.6 is 15.9 Å². The van der Waals surface area contributed by atoms with E-state index in [1.807, 2.05) is 25.1 Å². The van der Waals surface area contributed by atoms with Gasteiger partial charge in [-0.3, -0.25) is 14.5 Å². The molecule has 1 aromatic carbocycles. The Bertz CT molecular complexity index is 1070. The Balaban J connectivity index is 1.62. The van der Waals surface area contributed by atoms with Crippen molar-refractivity contribution in [1.29, 1.82) is 0 Å². The summed E-state index contributed by atoms with van der Waals surface area (Å²) in [5.74, 6) is -0.725. The molecule has 8 heteroatoms. The summed E-state index contributed by atoms with van der Waals surface area (Å²) < 4.78 is 7.01. The number of hydrogen-bond donors (Lipinski definition) is 2. The van der Waals surface area contributed by atoms with Gasteiger partial charge in [0.25, 0.3) is 0 Å². The molecule has 0 unspecified atom stereocenters. The molecule has 0 saturated carbocycles. The van der Waals surface area contributed by atoms with Crippen molar-refractivity contribution >= 4 is 40.9 Å². The first-order chi connectivity index (χ1) is 17.3. The molecule has 194 valence electrons. The van der Waals surface area contributed by atoms with Gasteiger partial charge in [0.2, 0.25) is 11.8 Å². The van der Waals surface area contributed by atoms with Crippen LogP contribution in [0.1, 0.15) is 71.3 Å². The first kappa shape index (κ1) is 27.1. The molecule has 2 saturated heterocycles. The van der Waals surface area contributed by atoms with E-state index in [1.54, 1.807) is 6.07 Å². The first-order valence-electron chi connectivity index (χ1n) is 13.4. The molecule has 1 aromatic rings. The number of hydrogen-bond acceptors (Lipinski definition) is 5. The molecule has 2 aliphatic heterocycles. The second-order valence-electron chi connectivity index (χ2n) is 10.3. The van der Waals surface area contributed by atoms with Crippen LogP contribution in [0.3, 0.4) is 0 Å². The van der Waals surface area contributed by atoms with E-state index in [-0.39, 0.29) is 41.4 Å². The van der Waals surface area contributed by atoms with Crippen molar-refractivity contribution < 1.29 is 24.4 Å². The van der Waals surface area contributed by atoms with Crippen LogP contribution in [-0.4, -0.2) is 46.6 Å². The van der Waals surface area contributed by atoms with Crippen molar-refractivity contribution in [3.05, 3.63) is 45.0 Å². The second-order valence-corrected chi connectivity index (χ2v) is 11.2. The number of carbonyl (C=O) groups excluding carboxylic acids is 2. The lowest BCUT2D eigenvalue weighted by molar-refractivity contribution is -0.140. The van der Waals surface area contributed by atoms with E-state index in [0.717, 1.165) is 47.7 Å². The van der Waals surface area contributed by atoms with Gasteiger partial charge in [-0.15, -0.1) is 0 Å². The number of rotatable bonds is 9. The number of allylic oxidation sites excluding steroid dienone is 2. The molecule has 0 spiro atoms. The molecule has 0 bridgehead atoms. The summed E-state index contributed by atoms with van der Waals surface area (Å²) >= 11 is 3.47. The molecule has 2 N–H and O–H groups in total. The van der Waals surface area contributed by atoms with Gasteiger partial charge in [0, 0.05) is 16.6 Å². The van der Waals surface area contributed by atoms with Crippen molar-refractivity contribution in [2.75, 3.05) is 6.54 Å². The Labute approximate surface area is 223 Å². The number of likely N-dealkylation sites (tertiary alicyclic amines) is 1. The zero-order chi connectivity index (χ0) is 26.0. The van der Waals surface area contributed by atoms with E-state index < -0.39 is 7.12 Å². The van der Waals surface area contributed by atoms with Crippen LogP contribution in [0.15, 0.2) is 39.4 Å². The summed E-state index contributed by atoms with van der Waals surface area (Å²) in [6.45, 7) is 6.68. The van der Waals surface area contributed by atoms with Crippen LogP contribution in [0.2, 0.25) is 6.32 Å². The molecule has 6 nitrogen and oxygen atoms in total. The van der Waals surface area contributed by atoms with Gasteiger partial charge in [0.1, 0.15) is 5.75 Å². The van der Waals surface area contributed by atoms with Crippen molar-refractivity contribution in [3.63, 3.8) is 0 Å². The van der Waals surface area contributed by atoms with Crippen molar-refractivity contribution in [2.45, 2.75) is 78.1 Å². The average Bonchev–Trinajstić information content (AvgIpc) is 3.08. The predicted octanol–water partition coefficient (Wildman–Crippen LogP) is 5.74. The van der Waals surface area contributed by atoms with Crippen LogP contribution in [0.4, 0.5) is 0 Å². The fraction of sp³-hybridized carbons (Fsp3) is 0.571. The maximum atomic E-state index is 13.4. The number of aromatic hydroxyl groups is 1. The van der Waals surface area contributed by atoms with Crippen molar-refractivity contribution in [3.8, 4) is 5.75 Å². The van der Waals surface area contributed by atoms with Crippen molar-refractivity contribution in [1.82, 2.24) is 4.90 Å². The highest BCUT2D eigenvalue weighted by atomic mass is 79.9. The van der Waals surface area contributed by atoms with Crippen molar-refractivity contribution in [2.24, 2.45) is 17.8 Å². The lowest BCUT2D eigenvalue weighted by Crippen LogP contribution is -2.46. The SMILES string of the molecule is CCCC1=C2[C@@H](CC/C(=C/c3cc(Br)ccc3O)CC)OB(O)C[C@@H]2[C@@H]2C(=O)N(CCC)C(=O)[C@@H]2C1. The fourth-order valence-electron chi connectivity index (χ4n) is 6.34. The number of imide groups is 1. The molecule has 2 heterocycles. The van der Waals surface area contributed by atoms with Crippen LogP contribution in [0.5, 0.6) is 5.75 Å².